The van der Waals surface area contributed by atoms with Crippen LogP contribution in [-0.4, -0.2) is 28.0 Å². The van der Waals surface area contributed by atoms with Gasteiger partial charge in [-0.3, -0.25) is 4.79 Å². The first-order valence-electron chi connectivity index (χ1n) is 5.17. The van der Waals surface area contributed by atoms with Crippen molar-refractivity contribution < 1.29 is 14.7 Å². The van der Waals surface area contributed by atoms with Crippen molar-refractivity contribution in [3.63, 3.8) is 0 Å². The zero-order valence-electron chi connectivity index (χ0n) is 9.36. The van der Waals surface area contributed by atoms with Crippen LogP contribution < -0.4 is 5.32 Å². The number of carboxylic acids is 1. The number of rotatable bonds is 5. The third-order valence-corrected chi connectivity index (χ3v) is 2.17. The second-order valence-corrected chi connectivity index (χ2v) is 4.09. The monoisotopic (exact) mass is 224 g/mol. The Morgan fingerprint density at radius 3 is 2.62 bits per heavy atom. The lowest BCUT2D eigenvalue weighted by atomic mass is 10.0. The van der Waals surface area contributed by atoms with Gasteiger partial charge in [0.25, 0.3) is 5.91 Å². The maximum Gasteiger partial charge on any atom is 0.326 e. The number of carboxylic acid groups (broad SMARTS) is 1. The van der Waals surface area contributed by atoms with Crippen LogP contribution in [0.4, 0.5) is 0 Å². The molecular formula is C11H16N2O3. The summed E-state index contributed by atoms with van der Waals surface area (Å²) in [4.78, 5) is 25.3. The molecule has 1 aromatic rings. The van der Waals surface area contributed by atoms with Gasteiger partial charge >= 0.3 is 5.97 Å². The smallest absolute Gasteiger partial charge is 0.326 e. The highest BCUT2D eigenvalue weighted by molar-refractivity contribution is 5.96. The van der Waals surface area contributed by atoms with Crippen molar-refractivity contribution in [1.29, 1.82) is 0 Å². The third kappa shape index (κ3) is 3.42. The Hall–Kier alpha value is -1.78. The van der Waals surface area contributed by atoms with E-state index in [1.807, 2.05) is 13.8 Å². The van der Waals surface area contributed by atoms with Crippen LogP contribution in [0.3, 0.4) is 0 Å². The van der Waals surface area contributed by atoms with E-state index in [0.29, 0.717) is 12.0 Å². The fourth-order valence-corrected chi connectivity index (χ4v) is 1.40. The highest BCUT2D eigenvalue weighted by Crippen LogP contribution is 2.06. The van der Waals surface area contributed by atoms with Crippen molar-refractivity contribution in [1.82, 2.24) is 10.3 Å². The normalized spacial score (nSPS) is 12.4. The number of aromatic amines is 1. The molecule has 0 aliphatic rings. The number of carbonyl (C=O) groups excluding carboxylic acids is 1. The van der Waals surface area contributed by atoms with E-state index in [9.17, 15) is 9.59 Å². The molecule has 5 heteroatoms. The molecule has 5 nitrogen and oxygen atoms in total. The van der Waals surface area contributed by atoms with Crippen molar-refractivity contribution in [3.05, 3.63) is 24.0 Å². The van der Waals surface area contributed by atoms with Gasteiger partial charge in [-0.2, -0.15) is 0 Å². The van der Waals surface area contributed by atoms with Crippen LogP contribution in [0.1, 0.15) is 30.6 Å². The molecule has 0 unspecified atom stereocenters. The fourth-order valence-electron chi connectivity index (χ4n) is 1.40. The minimum Gasteiger partial charge on any atom is -0.480 e. The predicted octanol–water partition coefficient (Wildman–Crippen LogP) is 1.24. The lowest BCUT2D eigenvalue weighted by Gasteiger charge is -2.15. The molecule has 0 saturated heterocycles. The molecule has 0 fully saturated rings. The molecular weight excluding hydrogens is 208 g/mol. The quantitative estimate of drug-likeness (QED) is 0.703. The Morgan fingerprint density at radius 1 is 1.50 bits per heavy atom. The van der Waals surface area contributed by atoms with Gasteiger partial charge in [-0.05, 0) is 18.4 Å². The number of H-pyrrole nitrogens is 1. The van der Waals surface area contributed by atoms with Crippen LogP contribution in [0.2, 0.25) is 0 Å². The zero-order chi connectivity index (χ0) is 12.1. The minimum absolute atomic E-state index is 0.215. The van der Waals surface area contributed by atoms with Gasteiger partial charge in [0, 0.05) is 12.4 Å². The molecule has 0 aliphatic carbocycles. The summed E-state index contributed by atoms with van der Waals surface area (Å²) in [6, 6.07) is 0.770. The van der Waals surface area contributed by atoms with Crippen molar-refractivity contribution in [2.45, 2.75) is 26.3 Å². The number of hydrogen-bond donors (Lipinski definition) is 3. The Morgan fingerprint density at radius 2 is 2.19 bits per heavy atom. The predicted molar refractivity (Wildman–Crippen MR) is 59.1 cm³/mol. The number of hydrogen-bond acceptors (Lipinski definition) is 2. The zero-order valence-corrected chi connectivity index (χ0v) is 9.36. The van der Waals surface area contributed by atoms with Gasteiger partial charge in [0.15, 0.2) is 0 Å². The van der Waals surface area contributed by atoms with Gasteiger partial charge in [0.2, 0.25) is 0 Å². The molecule has 16 heavy (non-hydrogen) atoms. The molecule has 0 aromatic carbocycles. The van der Waals surface area contributed by atoms with Gasteiger partial charge in [-0.25, -0.2) is 4.79 Å². The molecule has 0 aliphatic heterocycles. The van der Waals surface area contributed by atoms with Crippen molar-refractivity contribution in [3.8, 4) is 0 Å². The topological polar surface area (TPSA) is 82.2 Å². The highest BCUT2D eigenvalue weighted by Gasteiger charge is 2.21. The molecule has 0 bridgehead atoms. The van der Waals surface area contributed by atoms with E-state index in [2.05, 4.69) is 10.3 Å². The fraction of sp³-hybridized carbons (Fsp3) is 0.455. The first-order chi connectivity index (χ1) is 7.50. The molecule has 0 radical (unpaired) electrons. The van der Waals surface area contributed by atoms with Gasteiger partial charge < -0.3 is 15.4 Å². The van der Waals surface area contributed by atoms with E-state index in [4.69, 9.17) is 5.11 Å². The summed E-state index contributed by atoms with van der Waals surface area (Å²) >= 11 is 0. The van der Waals surface area contributed by atoms with E-state index in [1.54, 1.807) is 12.3 Å². The molecule has 0 spiro atoms. The summed E-state index contributed by atoms with van der Waals surface area (Å²) in [5.74, 6) is -1.15. The van der Waals surface area contributed by atoms with Crippen LogP contribution in [0, 0.1) is 5.92 Å². The van der Waals surface area contributed by atoms with Crippen LogP contribution in [-0.2, 0) is 4.79 Å². The molecule has 1 heterocycles. The first kappa shape index (κ1) is 12.3. The van der Waals surface area contributed by atoms with E-state index in [0.717, 1.165) is 0 Å². The molecule has 88 valence electrons. The summed E-state index contributed by atoms with van der Waals surface area (Å²) in [5, 5.41) is 11.4. The molecule has 3 N–H and O–H groups in total. The number of aromatic nitrogens is 1. The van der Waals surface area contributed by atoms with Crippen LogP contribution in [0.25, 0.3) is 0 Å². The Kier molecular flexibility index (Phi) is 4.10. The first-order valence-corrected chi connectivity index (χ1v) is 5.17. The van der Waals surface area contributed by atoms with Gasteiger partial charge in [-0.15, -0.1) is 0 Å². The van der Waals surface area contributed by atoms with E-state index < -0.39 is 12.0 Å². The summed E-state index contributed by atoms with van der Waals surface area (Å²) < 4.78 is 0. The SMILES string of the molecule is CC(C)C[C@@H](NC(=O)c1cc[nH]c1)C(=O)O. The van der Waals surface area contributed by atoms with Crippen molar-refractivity contribution >= 4 is 11.9 Å². The second kappa shape index (κ2) is 5.34. The lowest BCUT2D eigenvalue weighted by molar-refractivity contribution is -0.139. The minimum atomic E-state index is -1.00. The maximum atomic E-state index is 11.6. The second-order valence-electron chi connectivity index (χ2n) is 4.09. The van der Waals surface area contributed by atoms with E-state index in [-0.39, 0.29) is 11.8 Å². The number of aliphatic carboxylic acids is 1. The van der Waals surface area contributed by atoms with E-state index >= 15 is 0 Å². The van der Waals surface area contributed by atoms with Gasteiger partial charge in [0.05, 0.1) is 5.56 Å². The summed E-state index contributed by atoms with van der Waals surface area (Å²) in [5.41, 5.74) is 0.440. The molecule has 1 aromatic heterocycles. The largest absolute Gasteiger partial charge is 0.480 e. The lowest BCUT2D eigenvalue weighted by Crippen LogP contribution is -2.41. The average Bonchev–Trinajstić information content (AvgIpc) is 2.68. The standard InChI is InChI=1S/C11H16N2O3/c1-7(2)5-9(11(15)16)13-10(14)8-3-4-12-6-8/h3-4,6-7,9,12H,5H2,1-2H3,(H,13,14)(H,15,16)/t9-/m1/s1. The van der Waals surface area contributed by atoms with Crippen molar-refractivity contribution in [2.75, 3.05) is 0 Å². The molecule has 1 atom stereocenters. The maximum absolute atomic E-state index is 11.6. The van der Waals surface area contributed by atoms with Crippen LogP contribution in [0.15, 0.2) is 18.5 Å². The summed E-state index contributed by atoms with van der Waals surface area (Å²) in [7, 11) is 0. The number of nitrogens with one attached hydrogen (secondary N) is 2. The van der Waals surface area contributed by atoms with Crippen molar-refractivity contribution in [2.24, 2.45) is 5.92 Å². The molecule has 0 saturated carbocycles. The van der Waals surface area contributed by atoms with Gasteiger partial charge in [0.1, 0.15) is 6.04 Å². The Bertz CT molecular complexity index is 357. The highest BCUT2D eigenvalue weighted by atomic mass is 16.4. The van der Waals surface area contributed by atoms with E-state index in [1.165, 1.54) is 6.20 Å². The third-order valence-electron chi connectivity index (χ3n) is 2.17. The summed E-state index contributed by atoms with van der Waals surface area (Å²) in [6.07, 6.45) is 3.57. The molecule has 1 amide bonds. The summed E-state index contributed by atoms with van der Waals surface area (Å²) in [6.45, 7) is 3.83. The van der Waals surface area contributed by atoms with Gasteiger partial charge in [-0.1, -0.05) is 13.8 Å². The average molecular weight is 224 g/mol. The Balaban J connectivity index is 2.62. The number of carbonyl (C=O) groups is 2. The number of amides is 1. The van der Waals surface area contributed by atoms with Crippen LogP contribution >= 0.6 is 0 Å². The van der Waals surface area contributed by atoms with Crippen LogP contribution in [0.5, 0.6) is 0 Å². The molecule has 1 rings (SSSR count). The Labute approximate surface area is 93.9 Å².